The van der Waals surface area contributed by atoms with Gasteiger partial charge in [-0.3, -0.25) is 0 Å². The molecule has 2 radical (unpaired) electrons. The third kappa shape index (κ3) is 2.75. The molecule has 2 aliphatic heterocycles. The zero-order valence-electron chi connectivity index (χ0n) is 13.5. The number of nitrogens with zero attached hydrogens (tertiary/aromatic N) is 3. The van der Waals surface area contributed by atoms with E-state index in [0.29, 0.717) is 4.48 Å². The van der Waals surface area contributed by atoms with Crippen LogP contribution in [0.3, 0.4) is 0 Å². The van der Waals surface area contributed by atoms with Crippen molar-refractivity contribution < 1.29 is 4.48 Å². The average molecular weight is 325 g/mol. The summed E-state index contributed by atoms with van der Waals surface area (Å²) in [5, 5.41) is 4.74. The lowest BCUT2D eigenvalue weighted by molar-refractivity contribution is -0.870. The Hall–Kier alpha value is -1.85. The quantitative estimate of drug-likeness (QED) is 0.749. The van der Waals surface area contributed by atoms with Crippen LogP contribution < -0.4 is 5.32 Å². The topological polar surface area (TPSA) is 27.6 Å². The summed E-state index contributed by atoms with van der Waals surface area (Å²) in [5.41, 5.74) is 3.28. The summed E-state index contributed by atoms with van der Waals surface area (Å²) >= 11 is 1.79. The highest BCUT2D eigenvalue weighted by molar-refractivity contribution is 7.16. The van der Waals surface area contributed by atoms with Crippen molar-refractivity contribution in [2.45, 2.75) is 6.92 Å². The monoisotopic (exact) mass is 325 g/mol. The van der Waals surface area contributed by atoms with Crippen LogP contribution in [-0.2, 0) is 0 Å². The second kappa shape index (κ2) is 5.35. The van der Waals surface area contributed by atoms with Gasteiger partial charge in [-0.2, -0.15) is 0 Å². The van der Waals surface area contributed by atoms with E-state index in [1.807, 2.05) is 12.1 Å². The van der Waals surface area contributed by atoms with Crippen molar-refractivity contribution in [1.29, 1.82) is 0 Å². The molecule has 0 bridgehead atoms. The minimum atomic E-state index is 0.591. The van der Waals surface area contributed by atoms with Gasteiger partial charge < -0.3 is 14.7 Å². The van der Waals surface area contributed by atoms with Crippen LogP contribution in [0.25, 0.3) is 0 Å². The highest BCUT2D eigenvalue weighted by Crippen LogP contribution is 2.39. The van der Waals surface area contributed by atoms with Crippen LogP contribution in [0.2, 0.25) is 0 Å². The number of likely N-dealkylation sites (N-methyl/N-ethyl adjacent to an activating group) is 1. The Kier molecular flexibility index (Phi) is 3.43. The Bertz CT molecular complexity index is 765. The van der Waals surface area contributed by atoms with Crippen molar-refractivity contribution >= 4 is 33.5 Å². The lowest BCUT2D eigenvalue weighted by Crippen LogP contribution is -2.55. The molecule has 4 rings (SSSR count). The summed E-state index contributed by atoms with van der Waals surface area (Å²) in [6.07, 6.45) is 0. The lowest BCUT2D eigenvalue weighted by Gasteiger charge is -2.39. The second-order valence-corrected chi connectivity index (χ2v) is 7.85. The van der Waals surface area contributed by atoms with Gasteiger partial charge in [-0.15, -0.1) is 11.3 Å². The zero-order chi connectivity index (χ0) is 16.0. The molecule has 1 aromatic carbocycles. The van der Waals surface area contributed by atoms with Crippen molar-refractivity contribution in [3.8, 4) is 0 Å². The van der Waals surface area contributed by atoms with Crippen molar-refractivity contribution in [1.82, 2.24) is 4.90 Å². The number of hydrogen-bond donors (Lipinski definition) is 1. The van der Waals surface area contributed by atoms with Crippen molar-refractivity contribution in [2.75, 3.05) is 38.5 Å². The van der Waals surface area contributed by atoms with E-state index in [2.05, 4.69) is 42.4 Å². The molecule has 0 amide bonds. The third-order valence-corrected chi connectivity index (χ3v) is 5.50. The summed E-state index contributed by atoms with van der Waals surface area (Å²) < 4.78 is 0.591. The number of amidine groups is 1. The SMILES string of the molecule is [CH][N+]1(C)CCN(C2=Nc3ccccc3Nc3sc(C)cc32)CC1. The van der Waals surface area contributed by atoms with Crippen LogP contribution in [0.1, 0.15) is 10.4 Å². The number of aliphatic imine (C=N–C) groups is 1. The Labute approximate surface area is 141 Å². The normalized spacial score (nSPS) is 19.3. The van der Waals surface area contributed by atoms with Crippen LogP contribution >= 0.6 is 11.3 Å². The maximum absolute atomic E-state index is 6.24. The third-order valence-electron chi connectivity index (χ3n) is 4.54. The number of nitrogens with one attached hydrogen (secondary N) is 1. The number of fused-ring (bicyclic) bond motifs is 2. The summed E-state index contributed by atoms with van der Waals surface area (Å²) in [4.78, 5) is 8.68. The van der Waals surface area contributed by atoms with Gasteiger partial charge in [0.2, 0.25) is 7.05 Å². The van der Waals surface area contributed by atoms with Gasteiger partial charge in [0.05, 0.1) is 50.2 Å². The molecule has 0 spiro atoms. The highest BCUT2D eigenvalue weighted by Gasteiger charge is 2.30. The molecule has 2 aliphatic rings. The Morgan fingerprint density at radius 2 is 2.00 bits per heavy atom. The average Bonchev–Trinajstić information content (AvgIpc) is 2.80. The molecule has 0 aliphatic carbocycles. The molecular weight excluding hydrogens is 304 g/mol. The standard InChI is InChI=1S/C18H21N4S/c1-13-12-14-17(21-8-10-22(2,3)11-9-21)19-15-6-4-5-7-16(15)20-18(14)23-13/h2,4-7,12,20H,8-11H2,1,3H3/q+1. The molecule has 3 heterocycles. The summed E-state index contributed by atoms with van der Waals surface area (Å²) in [6.45, 7) is 5.89. The van der Waals surface area contributed by atoms with Gasteiger partial charge >= 0.3 is 0 Å². The number of aryl methyl sites for hydroxylation is 1. The first kappa shape index (κ1) is 14.7. The fraction of sp³-hybridized carbons (Fsp3) is 0.333. The first-order valence-corrected chi connectivity index (χ1v) is 8.77. The van der Waals surface area contributed by atoms with Gasteiger partial charge in [-0.1, -0.05) is 12.1 Å². The van der Waals surface area contributed by atoms with Crippen molar-refractivity contribution in [3.63, 3.8) is 0 Å². The van der Waals surface area contributed by atoms with E-state index in [1.165, 1.54) is 15.4 Å². The number of anilines is 2. The second-order valence-electron chi connectivity index (χ2n) is 6.59. The molecular formula is C18H21N4S+. The molecule has 5 heteroatoms. The molecule has 23 heavy (non-hydrogen) atoms. The van der Waals surface area contributed by atoms with E-state index in [9.17, 15) is 0 Å². The maximum atomic E-state index is 6.24. The van der Waals surface area contributed by atoms with Gasteiger partial charge in [0, 0.05) is 4.88 Å². The Morgan fingerprint density at radius 1 is 1.26 bits per heavy atom. The maximum Gasteiger partial charge on any atom is 0.206 e. The van der Waals surface area contributed by atoms with Crippen LogP contribution in [0.15, 0.2) is 35.3 Å². The first-order chi connectivity index (χ1) is 11.0. The lowest BCUT2D eigenvalue weighted by atomic mass is 10.2. The minimum Gasteiger partial charge on any atom is -0.345 e. The van der Waals surface area contributed by atoms with Crippen LogP contribution in [0, 0.1) is 14.0 Å². The largest absolute Gasteiger partial charge is 0.345 e. The molecule has 0 atom stereocenters. The molecule has 1 saturated heterocycles. The first-order valence-electron chi connectivity index (χ1n) is 7.95. The molecule has 1 aromatic heterocycles. The number of hydrogen-bond acceptors (Lipinski definition) is 4. The predicted octanol–water partition coefficient (Wildman–Crippen LogP) is 3.62. The van der Waals surface area contributed by atoms with E-state index in [0.717, 1.165) is 43.4 Å². The predicted molar refractivity (Wildman–Crippen MR) is 96.8 cm³/mol. The van der Waals surface area contributed by atoms with E-state index >= 15 is 0 Å². The molecule has 2 aromatic rings. The molecule has 4 nitrogen and oxygen atoms in total. The van der Waals surface area contributed by atoms with Gasteiger partial charge in [0.1, 0.15) is 10.8 Å². The van der Waals surface area contributed by atoms with E-state index in [-0.39, 0.29) is 0 Å². The number of quaternary nitrogens is 1. The Morgan fingerprint density at radius 3 is 2.78 bits per heavy atom. The van der Waals surface area contributed by atoms with E-state index in [1.54, 1.807) is 11.3 Å². The van der Waals surface area contributed by atoms with E-state index < -0.39 is 0 Å². The summed E-state index contributed by atoms with van der Waals surface area (Å²) in [6, 6.07) is 10.5. The molecule has 0 saturated carbocycles. The van der Waals surface area contributed by atoms with Gasteiger partial charge in [0.15, 0.2) is 0 Å². The fourth-order valence-corrected chi connectivity index (χ4v) is 4.04. The smallest absolute Gasteiger partial charge is 0.206 e. The Balaban J connectivity index is 1.78. The molecule has 1 N–H and O–H groups in total. The molecule has 1 fully saturated rings. The highest BCUT2D eigenvalue weighted by atomic mass is 32.1. The van der Waals surface area contributed by atoms with E-state index in [4.69, 9.17) is 12.0 Å². The number of thiophene rings is 1. The van der Waals surface area contributed by atoms with Crippen LogP contribution in [0.4, 0.5) is 16.4 Å². The van der Waals surface area contributed by atoms with Gasteiger partial charge in [0.25, 0.3) is 0 Å². The molecule has 0 unspecified atom stereocenters. The fourth-order valence-electron chi connectivity index (χ4n) is 3.12. The number of rotatable bonds is 0. The van der Waals surface area contributed by atoms with Crippen LogP contribution in [0.5, 0.6) is 0 Å². The molecule has 118 valence electrons. The van der Waals surface area contributed by atoms with Gasteiger partial charge in [-0.25, -0.2) is 4.99 Å². The number of para-hydroxylation sites is 2. The zero-order valence-corrected chi connectivity index (χ0v) is 14.4. The van der Waals surface area contributed by atoms with Gasteiger partial charge in [-0.05, 0) is 25.1 Å². The van der Waals surface area contributed by atoms with Crippen molar-refractivity contribution in [3.05, 3.63) is 47.8 Å². The number of benzene rings is 1. The summed E-state index contributed by atoms with van der Waals surface area (Å²) in [7, 11) is 8.32. The van der Waals surface area contributed by atoms with Crippen molar-refractivity contribution in [2.24, 2.45) is 4.99 Å². The minimum absolute atomic E-state index is 0.591. The summed E-state index contributed by atoms with van der Waals surface area (Å²) in [5.74, 6) is 1.07. The van der Waals surface area contributed by atoms with Crippen LogP contribution in [-0.4, -0.2) is 48.4 Å². The number of piperazine rings is 1.